The van der Waals surface area contributed by atoms with Crippen molar-refractivity contribution in [2.24, 2.45) is 7.05 Å². The standard InChI is InChI=1S/C21H20F2N6O/c1-29-12-15(9-28-29)14-6-20-21(27-8-14)30-16(11-26-20)10-25-3-2-17-18(22)4-13(7-24)5-19(17)23/h4-6,8-9,12,16,25-26H,2-3,10-11H2,1H3. The number of nitriles is 1. The lowest BCUT2D eigenvalue weighted by Crippen LogP contribution is -2.40. The Kier molecular flexibility index (Phi) is 5.59. The molecule has 2 N–H and O–H groups in total. The predicted molar refractivity (Wildman–Crippen MR) is 107 cm³/mol. The highest BCUT2D eigenvalue weighted by molar-refractivity contribution is 5.69. The minimum atomic E-state index is -0.702. The molecule has 1 aliphatic rings. The highest BCUT2D eigenvalue weighted by Crippen LogP contribution is 2.31. The number of fused-ring (bicyclic) bond motifs is 1. The summed E-state index contributed by atoms with van der Waals surface area (Å²) in [6.07, 6.45) is 5.44. The number of rotatable bonds is 6. The van der Waals surface area contributed by atoms with E-state index < -0.39 is 11.6 Å². The van der Waals surface area contributed by atoms with Crippen LogP contribution < -0.4 is 15.4 Å². The zero-order valence-corrected chi connectivity index (χ0v) is 16.3. The maximum Gasteiger partial charge on any atom is 0.237 e. The lowest BCUT2D eigenvalue weighted by molar-refractivity contribution is 0.194. The number of pyridine rings is 1. The number of nitrogens with one attached hydrogen (secondary N) is 2. The van der Waals surface area contributed by atoms with Crippen LogP contribution in [0, 0.1) is 23.0 Å². The summed E-state index contributed by atoms with van der Waals surface area (Å²) < 4.78 is 35.5. The monoisotopic (exact) mass is 410 g/mol. The van der Waals surface area contributed by atoms with Gasteiger partial charge in [-0.2, -0.15) is 10.4 Å². The quantitative estimate of drug-likeness (QED) is 0.608. The first-order valence-corrected chi connectivity index (χ1v) is 9.52. The molecule has 0 saturated heterocycles. The maximum atomic E-state index is 13.9. The zero-order chi connectivity index (χ0) is 21.1. The SMILES string of the molecule is Cn1cc(-c2cnc3c(c2)NCC(CNCCc2c(F)cc(C#N)cc2F)O3)cn1. The fourth-order valence-electron chi connectivity index (χ4n) is 3.32. The van der Waals surface area contributed by atoms with Crippen molar-refractivity contribution in [2.75, 3.05) is 25.0 Å². The number of aromatic nitrogens is 3. The first-order valence-electron chi connectivity index (χ1n) is 9.52. The molecule has 0 amide bonds. The minimum absolute atomic E-state index is 0.0266. The molecule has 1 atom stereocenters. The Balaban J connectivity index is 1.30. The first-order chi connectivity index (χ1) is 14.5. The van der Waals surface area contributed by atoms with Gasteiger partial charge in [-0.25, -0.2) is 13.8 Å². The molecule has 7 nitrogen and oxygen atoms in total. The Hall–Kier alpha value is -3.51. The molecule has 0 fully saturated rings. The zero-order valence-electron chi connectivity index (χ0n) is 16.3. The summed E-state index contributed by atoms with van der Waals surface area (Å²) >= 11 is 0. The molecular formula is C21H20F2N6O. The van der Waals surface area contributed by atoms with Gasteiger partial charge in [-0.1, -0.05) is 0 Å². The van der Waals surface area contributed by atoms with E-state index in [1.54, 1.807) is 23.1 Å². The molecule has 3 aromatic rings. The largest absolute Gasteiger partial charge is 0.470 e. The summed E-state index contributed by atoms with van der Waals surface area (Å²) in [5.41, 5.74) is 2.68. The topological polar surface area (TPSA) is 87.8 Å². The highest BCUT2D eigenvalue weighted by atomic mass is 19.1. The van der Waals surface area contributed by atoms with Gasteiger partial charge >= 0.3 is 0 Å². The Labute approximate surface area is 172 Å². The van der Waals surface area contributed by atoms with Gasteiger partial charge < -0.3 is 15.4 Å². The second kappa shape index (κ2) is 8.47. The molecule has 4 rings (SSSR count). The molecule has 154 valence electrons. The van der Waals surface area contributed by atoms with Crippen molar-refractivity contribution < 1.29 is 13.5 Å². The molecule has 0 saturated carbocycles. The van der Waals surface area contributed by atoms with Crippen molar-refractivity contribution >= 4 is 5.69 Å². The maximum absolute atomic E-state index is 13.9. The van der Waals surface area contributed by atoms with Crippen molar-refractivity contribution in [1.82, 2.24) is 20.1 Å². The molecule has 1 aliphatic heterocycles. The molecule has 0 aliphatic carbocycles. The fourth-order valence-corrected chi connectivity index (χ4v) is 3.32. The normalized spacial score (nSPS) is 15.1. The third-order valence-corrected chi connectivity index (χ3v) is 4.88. The van der Waals surface area contributed by atoms with Gasteiger partial charge in [0, 0.05) is 42.7 Å². The molecule has 2 aromatic heterocycles. The number of halogens is 2. The third-order valence-electron chi connectivity index (χ3n) is 4.88. The Bertz CT molecular complexity index is 1080. The number of benzene rings is 1. The van der Waals surface area contributed by atoms with Crippen molar-refractivity contribution in [2.45, 2.75) is 12.5 Å². The van der Waals surface area contributed by atoms with Crippen LogP contribution in [0.15, 0.2) is 36.8 Å². The van der Waals surface area contributed by atoms with E-state index in [0.29, 0.717) is 25.5 Å². The van der Waals surface area contributed by atoms with Gasteiger partial charge in [0.05, 0.1) is 30.1 Å². The van der Waals surface area contributed by atoms with E-state index in [-0.39, 0.29) is 23.7 Å². The summed E-state index contributed by atoms with van der Waals surface area (Å²) in [7, 11) is 1.86. The molecule has 9 heteroatoms. The molecule has 3 heterocycles. The minimum Gasteiger partial charge on any atom is -0.470 e. The van der Waals surface area contributed by atoms with Crippen molar-refractivity contribution in [3.8, 4) is 23.1 Å². The molecular weight excluding hydrogens is 390 g/mol. The number of hydrogen-bond donors (Lipinski definition) is 2. The number of ether oxygens (including phenoxy) is 1. The van der Waals surface area contributed by atoms with E-state index in [1.165, 1.54) is 0 Å². The lowest BCUT2D eigenvalue weighted by atomic mass is 10.1. The Morgan fingerprint density at radius 2 is 2.07 bits per heavy atom. The molecule has 0 radical (unpaired) electrons. The van der Waals surface area contributed by atoms with Crippen LogP contribution in [0.25, 0.3) is 11.1 Å². The van der Waals surface area contributed by atoms with Gasteiger partial charge in [0.25, 0.3) is 0 Å². The predicted octanol–water partition coefficient (Wildman–Crippen LogP) is 2.64. The Morgan fingerprint density at radius 1 is 1.27 bits per heavy atom. The van der Waals surface area contributed by atoms with Crippen LogP contribution in [-0.2, 0) is 13.5 Å². The average molecular weight is 410 g/mol. The Morgan fingerprint density at radius 3 is 2.77 bits per heavy atom. The highest BCUT2D eigenvalue weighted by Gasteiger charge is 2.21. The van der Waals surface area contributed by atoms with Crippen molar-refractivity contribution in [1.29, 1.82) is 5.26 Å². The van der Waals surface area contributed by atoms with Crippen LogP contribution in [0.1, 0.15) is 11.1 Å². The van der Waals surface area contributed by atoms with Gasteiger partial charge in [-0.05, 0) is 31.2 Å². The summed E-state index contributed by atoms with van der Waals surface area (Å²) in [4.78, 5) is 4.40. The summed E-state index contributed by atoms with van der Waals surface area (Å²) in [6, 6.07) is 5.81. The van der Waals surface area contributed by atoms with Crippen molar-refractivity contribution in [3.05, 3.63) is 59.6 Å². The molecule has 0 bridgehead atoms. The van der Waals surface area contributed by atoms with Crippen LogP contribution in [0.3, 0.4) is 0 Å². The molecule has 0 spiro atoms. The van der Waals surface area contributed by atoms with Crippen molar-refractivity contribution in [3.63, 3.8) is 0 Å². The van der Waals surface area contributed by atoms with Gasteiger partial charge in [-0.3, -0.25) is 4.68 Å². The van der Waals surface area contributed by atoms with Crippen LogP contribution in [0.2, 0.25) is 0 Å². The summed E-state index contributed by atoms with van der Waals surface area (Å²) in [5.74, 6) is -0.886. The third kappa shape index (κ3) is 4.23. The van der Waals surface area contributed by atoms with E-state index in [1.807, 2.05) is 19.3 Å². The summed E-state index contributed by atoms with van der Waals surface area (Å²) in [6.45, 7) is 1.45. The van der Waals surface area contributed by atoms with Crippen LogP contribution in [0.4, 0.5) is 14.5 Å². The molecule has 1 aromatic carbocycles. The number of aryl methyl sites for hydroxylation is 1. The van der Waals surface area contributed by atoms with Gasteiger partial charge in [0.1, 0.15) is 17.7 Å². The van der Waals surface area contributed by atoms with E-state index in [4.69, 9.17) is 10.00 Å². The van der Waals surface area contributed by atoms with E-state index in [9.17, 15) is 8.78 Å². The first kappa shape index (κ1) is 19.8. The second-order valence-corrected chi connectivity index (χ2v) is 7.08. The fraction of sp³-hybridized carbons (Fsp3) is 0.286. The average Bonchev–Trinajstić information content (AvgIpc) is 3.18. The molecule has 30 heavy (non-hydrogen) atoms. The smallest absolute Gasteiger partial charge is 0.237 e. The number of nitrogens with zero attached hydrogens (tertiary/aromatic N) is 4. The van der Waals surface area contributed by atoms with E-state index in [2.05, 4.69) is 20.7 Å². The lowest BCUT2D eigenvalue weighted by Gasteiger charge is -2.27. The van der Waals surface area contributed by atoms with Crippen LogP contribution in [-0.4, -0.2) is 40.5 Å². The number of anilines is 1. The van der Waals surface area contributed by atoms with Gasteiger partial charge in [-0.15, -0.1) is 0 Å². The van der Waals surface area contributed by atoms with Gasteiger partial charge in [0.2, 0.25) is 5.88 Å². The van der Waals surface area contributed by atoms with E-state index >= 15 is 0 Å². The van der Waals surface area contributed by atoms with E-state index in [0.717, 1.165) is 28.9 Å². The van der Waals surface area contributed by atoms with Crippen LogP contribution >= 0.6 is 0 Å². The molecule has 1 unspecified atom stereocenters. The van der Waals surface area contributed by atoms with Crippen LogP contribution in [0.5, 0.6) is 5.88 Å². The second-order valence-electron chi connectivity index (χ2n) is 7.08. The van der Waals surface area contributed by atoms with Gasteiger partial charge in [0.15, 0.2) is 0 Å². The summed E-state index contributed by atoms with van der Waals surface area (Å²) in [5, 5.41) is 19.4. The number of hydrogen-bond acceptors (Lipinski definition) is 6.